The highest BCUT2D eigenvalue weighted by Crippen LogP contribution is 2.66. The monoisotopic (exact) mass is 316 g/mol. The van der Waals surface area contributed by atoms with Gasteiger partial charge in [-0.15, -0.1) is 0 Å². The van der Waals surface area contributed by atoms with E-state index in [9.17, 15) is 4.57 Å². The van der Waals surface area contributed by atoms with Crippen molar-refractivity contribution in [3.63, 3.8) is 0 Å². The Morgan fingerprint density at radius 1 is 1.10 bits per heavy atom. The molecule has 0 saturated heterocycles. The van der Waals surface area contributed by atoms with E-state index in [4.69, 9.17) is 13.5 Å². The number of benzene rings is 1. The van der Waals surface area contributed by atoms with E-state index in [1.165, 1.54) is 14.2 Å². The fourth-order valence-electron chi connectivity index (χ4n) is 2.32. The van der Waals surface area contributed by atoms with Gasteiger partial charge in [0.25, 0.3) is 0 Å². The van der Waals surface area contributed by atoms with Gasteiger partial charge in [-0.25, -0.2) is 0 Å². The van der Waals surface area contributed by atoms with Crippen molar-refractivity contribution >= 4 is 15.9 Å². The zero-order chi connectivity index (χ0) is 15.4. The molecule has 114 valence electrons. The summed E-state index contributed by atoms with van der Waals surface area (Å²) in [5.41, 5.74) is 0.831. The van der Waals surface area contributed by atoms with Gasteiger partial charge in [-0.3, -0.25) is 4.57 Å². The topological polar surface area (TPSA) is 44.8 Å². The van der Waals surface area contributed by atoms with Gasteiger partial charge >= 0.3 is 7.60 Å². The molecule has 0 N–H and O–H groups in total. The SMILES string of the molecule is CCC(O[Si](C)(C)C)(c1ccccc1)P(=O)(OC)OC. The standard InChI is InChI=1S/C14H25O4PSi/c1-7-14(18-20(4,5)6,19(15,16-2)17-3)13-11-9-8-10-12-13/h8-12H,7H2,1-6H3. The van der Waals surface area contributed by atoms with Crippen LogP contribution in [0.5, 0.6) is 0 Å². The van der Waals surface area contributed by atoms with Crippen molar-refractivity contribution in [3.05, 3.63) is 35.9 Å². The molecule has 1 unspecified atom stereocenters. The Balaban J connectivity index is 3.50. The van der Waals surface area contributed by atoms with Crippen LogP contribution in [0.4, 0.5) is 0 Å². The molecule has 1 rings (SSSR count). The van der Waals surface area contributed by atoms with E-state index >= 15 is 0 Å². The lowest BCUT2D eigenvalue weighted by molar-refractivity contribution is 0.0897. The van der Waals surface area contributed by atoms with Crippen molar-refractivity contribution in [1.29, 1.82) is 0 Å². The molecule has 0 aliphatic heterocycles. The molecule has 0 spiro atoms. The highest BCUT2D eigenvalue weighted by atomic mass is 31.2. The van der Waals surface area contributed by atoms with Crippen LogP contribution in [0.1, 0.15) is 18.9 Å². The summed E-state index contributed by atoms with van der Waals surface area (Å²) < 4.78 is 30.0. The van der Waals surface area contributed by atoms with Gasteiger partial charge in [-0.1, -0.05) is 37.3 Å². The van der Waals surface area contributed by atoms with E-state index in [0.717, 1.165) is 5.56 Å². The Labute approximate surface area is 123 Å². The fourth-order valence-corrected chi connectivity index (χ4v) is 6.45. The first-order valence-electron chi connectivity index (χ1n) is 6.72. The van der Waals surface area contributed by atoms with Crippen LogP contribution in [0.15, 0.2) is 30.3 Å². The summed E-state index contributed by atoms with van der Waals surface area (Å²) in [6.45, 7) is 8.14. The molecule has 1 aromatic rings. The lowest BCUT2D eigenvalue weighted by Crippen LogP contribution is -2.41. The van der Waals surface area contributed by atoms with Crippen molar-refractivity contribution in [1.82, 2.24) is 0 Å². The molecular formula is C14H25O4PSi. The van der Waals surface area contributed by atoms with E-state index in [0.29, 0.717) is 6.42 Å². The zero-order valence-electron chi connectivity index (χ0n) is 13.2. The van der Waals surface area contributed by atoms with E-state index < -0.39 is 21.3 Å². The molecule has 0 heterocycles. The second kappa shape index (κ2) is 6.54. The molecule has 0 aliphatic rings. The number of rotatable bonds is 7. The van der Waals surface area contributed by atoms with Crippen molar-refractivity contribution in [3.8, 4) is 0 Å². The van der Waals surface area contributed by atoms with Crippen LogP contribution >= 0.6 is 7.60 Å². The van der Waals surface area contributed by atoms with Gasteiger partial charge in [0.05, 0.1) is 0 Å². The quantitative estimate of drug-likeness (QED) is 0.545. The molecule has 4 nitrogen and oxygen atoms in total. The Hall–Kier alpha value is -0.453. The lowest BCUT2D eigenvalue weighted by Gasteiger charge is -2.41. The van der Waals surface area contributed by atoms with Gasteiger partial charge in [0.15, 0.2) is 13.7 Å². The maximum Gasteiger partial charge on any atom is 0.365 e. The molecular weight excluding hydrogens is 291 g/mol. The third-order valence-corrected chi connectivity index (χ3v) is 6.75. The zero-order valence-corrected chi connectivity index (χ0v) is 15.1. The number of hydrogen-bond acceptors (Lipinski definition) is 4. The Bertz CT molecular complexity index is 464. The van der Waals surface area contributed by atoms with Crippen molar-refractivity contribution in [2.24, 2.45) is 0 Å². The third kappa shape index (κ3) is 3.41. The predicted molar refractivity (Wildman–Crippen MR) is 84.5 cm³/mol. The first-order valence-corrected chi connectivity index (χ1v) is 11.7. The van der Waals surface area contributed by atoms with Crippen LogP contribution in [-0.4, -0.2) is 22.5 Å². The minimum Gasteiger partial charge on any atom is -0.398 e. The van der Waals surface area contributed by atoms with Gasteiger partial charge in [-0.05, 0) is 31.6 Å². The molecule has 0 saturated carbocycles. The predicted octanol–water partition coefficient (Wildman–Crippen LogP) is 4.59. The van der Waals surface area contributed by atoms with Crippen molar-refractivity contribution < 1.29 is 18.0 Å². The van der Waals surface area contributed by atoms with Crippen LogP contribution in [0, 0.1) is 0 Å². The summed E-state index contributed by atoms with van der Waals surface area (Å²) in [6, 6.07) is 9.55. The van der Waals surface area contributed by atoms with E-state index in [2.05, 4.69) is 19.6 Å². The Morgan fingerprint density at radius 3 is 1.95 bits per heavy atom. The third-order valence-electron chi connectivity index (χ3n) is 3.10. The van der Waals surface area contributed by atoms with Crippen molar-refractivity contribution in [2.75, 3.05) is 14.2 Å². The maximum atomic E-state index is 13.1. The Morgan fingerprint density at radius 2 is 1.60 bits per heavy atom. The molecule has 1 atom stereocenters. The first-order chi connectivity index (χ1) is 9.24. The molecule has 20 heavy (non-hydrogen) atoms. The van der Waals surface area contributed by atoms with Gasteiger partial charge in [-0.2, -0.15) is 0 Å². The molecule has 0 bridgehead atoms. The second-order valence-electron chi connectivity index (χ2n) is 5.58. The molecule has 6 heteroatoms. The summed E-state index contributed by atoms with van der Waals surface area (Å²) in [5.74, 6) is 0. The van der Waals surface area contributed by atoms with Crippen LogP contribution in [0.25, 0.3) is 0 Å². The summed E-state index contributed by atoms with van der Waals surface area (Å²) in [7, 11) is -2.58. The normalized spacial score (nSPS) is 15.9. The highest BCUT2D eigenvalue weighted by Gasteiger charge is 2.53. The lowest BCUT2D eigenvalue weighted by atomic mass is 10.1. The van der Waals surface area contributed by atoms with Gasteiger partial charge in [0, 0.05) is 14.2 Å². The van der Waals surface area contributed by atoms with E-state index in [1.807, 2.05) is 37.3 Å². The average Bonchev–Trinajstić information content (AvgIpc) is 2.43. The van der Waals surface area contributed by atoms with Gasteiger partial charge in [0.1, 0.15) is 0 Å². The van der Waals surface area contributed by atoms with Gasteiger partial charge in [0.2, 0.25) is 0 Å². The summed E-state index contributed by atoms with van der Waals surface area (Å²) in [5, 5.41) is -1.05. The van der Waals surface area contributed by atoms with E-state index in [1.54, 1.807) is 0 Å². The van der Waals surface area contributed by atoms with Crippen molar-refractivity contribution in [2.45, 2.75) is 38.3 Å². The number of hydrogen-bond donors (Lipinski definition) is 0. The largest absolute Gasteiger partial charge is 0.398 e. The summed E-state index contributed by atoms with van der Waals surface area (Å²) >= 11 is 0. The summed E-state index contributed by atoms with van der Waals surface area (Å²) in [6.07, 6.45) is 0.514. The minimum absolute atomic E-state index is 0.514. The minimum atomic E-state index is -3.43. The average molecular weight is 316 g/mol. The van der Waals surface area contributed by atoms with Gasteiger partial charge < -0.3 is 13.5 Å². The molecule has 0 amide bonds. The van der Waals surface area contributed by atoms with Crippen LogP contribution in [0.3, 0.4) is 0 Å². The molecule has 0 fully saturated rings. The van der Waals surface area contributed by atoms with Crippen LogP contribution in [-0.2, 0) is 23.4 Å². The first kappa shape index (κ1) is 17.6. The van der Waals surface area contributed by atoms with E-state index in [-0.39, 0.29) is 0 Å². The smallest absolute Gasteiger partial charge is 0.365 e. The summed E-state index contributed by atoms with van der Waals surface area (Å²) in [4.78, 5) is 0. The highest BCUT2D eigenvalue weighted by molar-refractivity contribution is 7.55. The van der Waals surface area contributed by atoms with Crippen LogP contribution < -0.4 is 0 Å². The molecule has 0 aliphatic carbocycles. The Kier molecular flexibility index (Phi) is 5.76. The fraction of sp³-hybridized carbons (Fsp3) is 0.571. The second-order valence-corrected chi connectivity index (χ2v) is 12.5. The maximum absolute atomic E-state index is 13.1. The molecule has 1 aromatic carbocycles. The molecule has 0 radical (unpaired) electrons. The van der Waals surface area contributed by atoms with Crippen LogP contribution in [0.2, 0.25) is 19.6 Å². The molecule has 0 aromatic heterocycles.